The third kappa shape index (κ3) is 3.26. The Balaban J connectivity index is 1.64. The molecular weight excluding hydrogens is 392 g/mol. The third-order valence-electron chi connectivity index (χ3n) is 11.2. The normalized spacial score (nSPS) is 43.0. The fourth-order valence-electron chi connectivity index (χ4n) is 8.29. The molecule has 4 aliphatic rings. The van der Waals surface area contributed by atoms with E-state index in [1.54, 1.807) is 11.1 Å². The van der Waals surface area contributed by atoms with Crippen molar-refractivity contribution in [1.29, 1.82) is 0 Å². The molecule has 2 saturated carbocycles. The van der Waals surface area contributed by atoms with Gasteiger partial charge in [0.25, 0.3) is 0 Å². The lowest BCUT2D eigenvalue weighted by molar-refractivity contribution is -0.129. The van der Waals surface area contributed by atoms with Gasteiger partial charge >= 0.3 is 0 Å². The zero-order chi connectivity index (χ0) is 23.6. The average molecular weight is 439 g/mol. The maximum atomic E-state index is 12.5. The summed E-state index contributed by atoms with van der Waals surface area (Å²) in [6.45, 7) is 20.5. The maximum absolute atomic E-state index is 12.5. The van der Waals surface area contributed by atoms with E-state index in [4.69, 9.17) is 0 Å². The smallest absolute Gasteiger partial charge is 0.136 e. The molecular formula is C30H46O2. The number of Topliss-reactive ketones (excluding diaryl/α,β-unsaturated/α-hetero) is 1. The molecule has 8 atom stereocenters. The van der Waals surface area contributed by atoms with E-state index in [0.717, 1.165) is 37.7 Å². The van der Waals surface area contributed by atoms with Crippen molar-refractivity contribution >= 4 is 5.78 Å². The van der Waals surface area contributed by atoms with Gasteiger partial charge in [-0.1, -0.05) is 72.8 Å². The molecule has 8 unspecified atom stereocenters. The van der Waals surface area contributed by atoms with Gasteiger partial charge in [0.2, 0.25) is 0 Å². The predicted octanol–water partition coefficient (Wildman–Crippen LogP) is 7.29. The summed E-state index contributed by atoms with van der Waals surface area (Å²) in [4.78, 5) is 12.5. The van der Waals surface area contributed by atoms with Gasteiger partial charge < -0.3 is 5.11 Å². The van der Waals surface area contributed by atoms with Crippen molar-refractivity contribution in [2.45, 2.75) is 99.5 Å². The van der Waals surface area contributed by atoms with Crippen LogP contribution in [0.25, 0.3) is 0 Å². The molecule has 0 radical (unpaired) electrons. The molecule has 2 fully saturated rings. The Hall–Kier alpha value is -1.15. The molecule has 0 aliphatic heterocycles. The molecule has 0 aromatic carbocycles. The van der Waals surface area contributed by atoms with E-state index in [1.165, 1.54) is 12.8 Å². The van der Waals surface area contributed by atoms with Gasteiger partial charge in [-0.05, 0) is 89.6 Å². The number of aliphatic hydroxyl groups is 1. The molecule has 0 amide bonds. The predicted molar refractivity (Wildman–Crippen MR) is 133 cm³/mol. The summed E-state index contributed by atoms with van der Waals surface area (Å²) in [6.07, 6.45) is 11.8. The second-order valence-corrected chi connectivity index (χ2v) is 12.8. The molecule has 4 aliphatic carbocycles. The number of allylic oxidation sites excluding steroid dienone is 4. The molecule has 178 valence electrons. The van der Waals surface area contributed by atoms with Crippen LogP contribution in [0.3, 0.4) is 0 Å². The Kier molecular flexibility index (Phi) is 5.97. The van der Waals surface area contributed by atoms with E-state index in [2.05, 4.69) is 67.2 Å². The van der Waals surface area contributed by atoms with Crippen molar-refractivity contribution in [2.75, 3.05) is 0 Å². The van der Waals surface area contributed by atoms with Gasteiger partial charge in [0.1, 0.15) is 5.78 Å². The summed E-state index contributed by atoms with van der Waals surface area (Å²) in [5.74, 6) is 2.29. The van der Waals surface area contributed by atoms with Crippen molar-refractivity contribution in [1.82, 2.24) is 0 Å². The topological polar surface area (TPSA) is 37.3 Å². The summed E-state index contributed by atoms with van der Waals surface area (Å²) >= 11 is 0. The monoisotopic (exact) mass is 438 g/mol. The number of carbonyl (C=O) groups is 1. The summed E-state index contributed by atoms with van der Waals surface area (Å²) < 4.78 is 0. The van der Waals surface area contributed by atoms with Gasteiger partial charge in [-0.3, -0.25) is 4.79 Å². The van der Waals surface area contributed by atoms with Crippen LogP contribution < -0.4 is 0 Å². The largest absolute Gasteiger partial charge is 0.393 e. The van der Waals surface area contributed by atoms with E-state index in [-0.39, 0.29) is 34.2 Å². The number of carbonyl (C=O) groups excluding carboxylic acids is 1. The van der Waals surface area contributed by atoms with Gasteiger partial charge in [0.05, 0.1) is 6.10 Å². The second-order valence-electron chi connectivity index (χ2n) is 12.8. The van der Waals surface area contributed by atoms with Crippen molar-refractivity contribution in [3.05, 3.63) is 35.5 Å². The van der Waals surface area contributed by atoms with Crippen LogP contribution in [-0.4, -0.2) is 17.0 Å². The number of hydrogen-bond donors (Lipinski definition) is 1. The quantitative estimate of drug-likeness (QED) is 0.458. The first-order chi connectivity index (χ1) is 14.9. The number of aliphatic hydroxyl groups excluding tert-OH is 1. The van der Waals surface area contributed by atoms with Crippen LogP contribution in [0.4, 0.5) is 0 Å². The van der Waals surface area contributed by atoms with Crippen LogP contribution in [0, 0.1) is 45.8 Å². The zero-order valence-electron chi connectivity index (χ0n) is 21.6. The molecule has 2 heteroatoms. The lowest BCUT2D eigenvalue weighted by Gasteiger charge is -2.58. The van der Waals surface area contributed by atoms with E-state index >= 15 is 0 Å². The van der Waals surface area contributed by atoms with Crippen LogP contribution >= 0.6 is 0 Å². The highest BCUT2D eigenvalue weighted by Crippen LogP contribution is 2.70. The first kappa shape index (κ1) is 24.0. The molecule has 0 saturated heterocycles. The molecule has 0 bridgehead atoms. The highest BCUT2D eigenvalue weighted by molar-refractivity contribution is 5.82. The van der Waals surface area contributed by atoms with Crippen LogP contribution in [0.1, 0.15) is 93.4 Å². The van der Waals surface area contributed by atoms with Crippen LogP contribution in [0.5, 0.6) is 0 Å². The van der Waals surface area contributed by atoms with Crippen molar-refractivity contribution in [3.63, 3.8) is 0 Å². The summed E-state index contributed by atoms with van der Waals surface area (Å²) in [7, 11) is 0. The first-order valence-electron chi connectivity index (χ1n) is 13.2. The maximum Gasteiger partial charge on any atom is 0.136 e. The van der Waals surface area contributed by atoms with Gasteiger partial charge in [-0.15, -0.1) is 0 Å². The fourth-order valence-corrected chi connectivity index (χ4v) is 8.29. The first-order valence-corrected chi connectivity index (χ1v) is 13.2. The molecule has 1 N–H and O–H groups in total. The Morgan fingerprint density at radius 1 is 1.16 bits per heavy atom. The van der Waals surface area contributed by atoms with Gasteiger partial charge in [0, 0.05) is 12.3 Å². The molecule has 0 aromatic heterocycles. The Bertz CT molecular complexity index is 862. The Labute approximate surface area is 196 Å². The SMILES string of the molecule is C=C(CC(O)C(C)C1CCC2(C)C3=CCC4C(C)C(=O)CCC4(C)C3=CCC12C)C(C)C. The number of fused-ring (bicyclic) bond motifs is 5. The molecule has 2 nitrogen and oxygen atoms in total. The third-order valence-corrected chi connectivity index (χ3v) is 11.2. The Morgan fingerprint density at radius 2 is 1.84 bits per heavy atom. The molecule has 0 aromatic rings. The van der Waals surface area contributed by atoms with Gasteiger partial charge in [0.15, 0.2) is 0 Å². The van der Waals surface area contributed by atoms with E-state index in [0.29, 0.717) is 23.5 Å². The zero-order valence-corrected chi connectivity index (χ0v) is 21.6. The van der Waals surface area contributed by atoms with Crippen molar-refractivity contribution in [3.8, 4) is 0 Å². The minimum atomic E-state index is -0.313. The van der Waals surface area contributed by atoms with Crippen LogP contribution in [0.15, 0.2) is 35.5 Å². The summed E-state index contributed by atoms with van der Waals surface area (Å²) in [6, 6.07) is 0. The minimum Gasteiger partial charge on any atom is -0.393 e. The van der Waals surface area contributed by atoms with E-state index in [9.17, 15) is 9.90 Å². The van der Waals surface area contributed by atoms with Crippen LogP contribution in [0.2, 0.25) is 0 Å². The van der Waals surface area contributed by atoms with Crippen LogP contribution in [-0.2, 0) is 4.79 Å². The highest BCUT2D eigenvalue weighted by atomic mass is 16.3. The highest BCUT2D eigenvalue weighted by Gasteiger charge is 2.62. The fraction of sp³-hybridized carbons (Fsp3) is 0.767. The van der Waals surface area contributed by atoms with Gasteiger partial charge in [-0.25, -0.2) is 0 Å². The molecule has 4 rings (SSSR count). The van der Waals surface area contributed by atoms with Crippen molar-refractivity contribution < 1.29 is 9.90 Å². The minimum absolute atomic E-state index is 0.139. The molecule has 0 spiro atoms. The standard InChI is InChI=1S/C30H46O2/c1-18(2)19(3)17-27(32)21(5)23-11-15-30(8)25-10-9-22-20(4)26(31)13-14-28(22,6)24(25)12-16-29(23,30)7/h10,12,18,20-23,27,32H,3,9,11,13-17H2,1-2,4-8H3. The molecule has 0 heterocycles. The summed E-state index contributed by atoms with van der Waals surface area (Å²) in [5.41, 5.74) is 4.78. The number of ketones is 1. The number of rotatable bonds is 5. The second kappa shape index (κ2) is 7.97. The molecule has 32 heavy (non-hydrogen) atoms. The van der Waals surface area contributed by atoms with Gasteiger partial charge in [-0.2, -0.15) is 0 Å². The summed E-state index contributed by atoms with van der Waals surface area (Å²) in [5, 5.41) is 11.1. The average Bonchev–Trinajstić information content (AvgIpc) is 3.01. The van der Waals surface area contributed by atoms with E-state index < -0.39 is 0 Å². The van der Waals surface area contributed by atoms with E-state index in [1.807, 2.05) is 0 Å². The number of hydrogen-bond acceptors (Lipinski definition) is 2. The lowest BCUT2D eigenvalue weighted by atomic mass is 9.46. The lowest BCUT2D eigenvalue weighted by Crippen LogP contribution is -2.50. The van der Waals surface area contributed by atoms with Crippen molar-refractivity contribution in [2.24, 2.45) is 45.8 Å². The Morgan fingerprint density at radius 3 is 2.50 bits per heavy atom.